The molecule has 0 aliphatic rings. The average Bonchev–Trinajstić information content (AvgIpc) is 2.81. The molecule has 7 heteroatoms. The molecule has 0 unspecified atom stereocenters. The van der Waals surface area contributed by atoms with E-state index in [0.717, 1.165) is 11.1 Å². The molecule has 0 bridgehead atoms. The molecule has 0 aromatic heterocycles. The molecular weight excluding hydrogens is 471 g/mol. The van der Waals surface area contributed by atoms with E-state index in [1.807, 2.05) is 62.4 Å². The van der Waals surface area contributed by atoms with E-state index in [1.54, 1.807) is 30.3 Å². The van der Waals surface area contributed by atoms with Crippen LogP contribution in [0.2, 0.25) is 10.0 Å². The highest BCUT2D eigenvalue weighted by Crippen LogP contribution is 2.22. The van der Waals surface area contributed by atoms with E-state index in [1.165, 1.54) is 4.90 Å². The molecule has 1 atom stereocenters. The molecule has 3 aromatic carbocycles. The van der Waals surface area contributed by atoms with Crippen LogP contribution < -0.4 is 10.1 Å². The van der Waals surface area contributed by atoms with Crippen LogP contribution in [0.25, 0.3) is 0 Å². The Morgan fingerprint density at radius 1 is 0.941 bits per heavy atom. The molecular formula is C27H28Cl2N2O3. The zero-order valence-electron chi connectivity index (χ0n) is 19.2. The number of benzene rings is 3. The van der Waals surface area contributed by atoms with Crippen LogP contribution in [0.15, 0.2) is 78.9 Å². The van der Waals surface area contributed by atoms with Gasteiger partial charge in [0.15, 0.2) is 6.61 Å². The average molecular weight is 499 g/mol. The van der Waals surface area contributed by atoms with E-state index in [9.17, 15) is 9.59 Å². The van der Waals surface area contributed by atoms with Crippen molar-refractivity contribution in [2.45, 2.75) is 38.9 Å². The van der Waals surface area contributed by atoms with Gasteiger partial charge in [-0.25, -0.2) is 0 Å². The summed E-state index contributed by atoms with van der Waals surface area (Å²) in [6.45, 7) is 3.70. The maximum absolute atomic E-state index is 13.5. The Labute approximate surface area is 210 Å². The topological polar surface area (TPSA) is 58.6 Å². The molecule has 0 fully saturated rings. The predicted molar refractivity (Wildman–Crippen MR) is 136 cm³/mol. The van der Waals surface area contributed by atoms with Crippen LogP contribution in [-0.4, -0.2) is 35.4 Å². The monoisotopic (exact) mass is 498 g/mol. The van der Waals surface area contributed by atoms with Gasteiger partial charge in [-0.2, -0.15) is 0 Å². The molecule has 0 spiro atoms. The minimum atomic E-state index is -0.753. The van der Waals surface area contributed by atoms with Crippen molar-refractivity contribution in [1.29, 1.82) is 0 Å². The van der Waals surface area contributed by atoms with Gasteiger partial charge in [0.05, 0.1) is 0 Å². The van der Waals surface area contributed by atoms with Crippen molar-refractivity contribution in [2.75, 3.05) is 6.61 Å². The summed E-state index contributed by atoms with van der Waals surface area (Å²) in [5.74, 6) is -0.0912. The lowest BCUT2D eigenvalue weighted by Crippen LogP contribution is -2.52. The standard InChI is InChI=1S/C27H28Cl2N2O3/c1-19(2)30-27(33)25(15-20-9-4-3-5-10-20)31(17-21-11-6-7-14-24(21)29)26(32)18-34-23-13-8-12-22(28)16-23/h3-14,16,19,25H,15,17-18H2,1-2H3,(H,30,33)/t25-/m1/s1. The lowest BCUT2D eigenvalue weighted by molar-refractivity contribution is -0.143. The first-order valence-electron chi connectivity index (χ1n) is 11.1. The largest absolute Gasteiger partial charge is 0.484 e. The van der Waals surface area contributed by atoms with Crippen LogP contribution in [-0.2, 0) is 22.6 Å². The number of halogens is 2. The number of carbonyl (C=O) groups excluding carboxylic acids is 2. The SMILES string of the molecule is CC(C)NC(=O)[C@@H](Cc1ccccc1)N(Cc1ccccc1Cl)C(=O)COc1cccc(Cl)c1. The van der Waals surface area contributed by atoms with Gasteiger partial charge in [-0.05, 0) is 49.2 Å². The Balaban J connectivity index is 1.92. The maximum Gasteiger partial charge on any atom is 0.261 e. The number of ether oxygens (including phenoxy) is 1. The summed E-state index contributed by atoms with van der Waals surface area (Å²) >= 11 is 12.4. The third-order valence-corrected chi connectivity index (χ3v) is 5.76. The van der Waals surface area contributed by atoms with Gasteiger partial charge >= 0.3 is 0 Å². The molecule has 0 aliphatic carbocycles. The molecule has 178 valence electrons. The van der Waals surface area contributed by atoms with Gasteiger partial charge in [0.25, 0.3) is 5.91 Å². The van der Waals surface area contributed by atoms with Gasteiger partial charge in [-0.1, -0.05) is 77.8 Å². The molecule has 0 aliphatic heterocycles. The van der Waals surface area contributed by atoms with Crippen LogP contribution >= 0.6 is 23.2 Å². The maximum atomic E-state index is 13.5. The van der Waals surface area contributed by atoms with E-state index in [0.29, 0.717) is 22.2 Å². The van der Waals surface area contributed by atoms with Gasteiger partial charge in [-0.15, -0.1) is 0 Å². The van der Waals surface area contributed by atoms with Crippen LogP contribution in [0.3, 0.4) is 0 Å². The fourth-order valence-corrected chi connectivity index (χ4v) is 3.91. The number of nitrogens with zero attached hydrogens (tertiary/aromatic N) is 1. The first-order valence-corrected chi connectivity index (χ1v) is 11.8. The number of hydrogen-bond acceptors (Lipinski definition) is 3. The minimum absolute atomic E-state index is 0.0780. The number of hydrogen-bond donors (Lipinski definition) is 1. The molecule has 5 nitrogen and oxygen atoms in total. The van der Waals surface area contributed by atoms with Crippen molar-refractivity contribution < 1.29 is 14.3 Å². The zero-order valence-corrected chi connectivity index (χ0v) is 20.7. The minimum Gasteiger partial charge on any atom is -0.484 e. The fraction of sp³-hybridized carbons (Fsp3) is 0.259. The highest BCUT2D eigenvalue weighted by atomic mass is 35.5. The highest BCUT2D eigenvalue weighted by molar-refractivity contribution is 6.31. The summed E-state index contributed by atoms with van der Waals surface area (Å²) < 4.78 is 5.72. The van der Waals surface area contributed by atoms with Gasteiger partial charge < -0.3 is 15.0 Å². The molecule has 0 saturated heterocycles. The number of nitrogens with one attached hydrogen (secondary N) is 1. The summed E-state index contributed by atoms with van der Waals surface area (Å²) in [4.78, 5) is 28.3. The van der Waals surface area contributed by atoms with E-state index in [2.05, 4.69) is 5.32 Å². The molecule has 3 aromatic rings. The molecule has 0 heterocycles. The summed E-state index contributed by atoms with van der Waals surface area (Å²) in [5, 5.41) is 3.99. The first-order chi connectivity index (χ1) is 16.3. The smallest absolute Gasteiger partial charge is 0.261 e. The quantitative estimate of drug-likeness (QED) is 0.399. The zero-order chi connectivity index (χ0) is 24.5. The lowest BCUT2D eigenvalue weighted by atomic mass is 10.0. The number of rotatable bonds is 10. The van der Waals surface area contributed by atoms with Crippen molar-refractivity contribution in [3.05, 3.63) is 100 Å². The Morgan fingerprint density at radius 2 is 1.65 bits per heavy atom. The van der Waals surface area contributed by atoms with Gasteiger partial charge in [0.2, 0.25) is 5.91 Å². The molecule has 3 rings (SSSR count). The summed E-state index contributed by atoms with van der Waals surface area (Å²) in [6.07, 6.45) is 0.354. The Hall–Kier alpha value is -3.02. The molecule has 1 N–H and O–H groups in total. The fourth-order valence-electron chi connectivity index (χ4n) is 3.53. The number of amides is 2. The van der Waals surface area contributed by atoms with Crippen molar-refractivity contribution >= 4 is 35.0 Å². The van der Waals surface area contributed by atoms with Crippen molar-refractivity contribution in [3.63, 3.8) is 0 Å². The van der Waals surface area contributed by atoms with Gasteiger partial charge in [-0.3, -0.25) is 9.59 Å². The lowest BCUT2D eigenvalue weighted by Gasteiger charge is -2.32. The first kappa shape index (κ1) is 25.6. The second-order valence-corrected chi connectivity index (χ2v) is 9.07. The van der Waals surface area contributed by atoms with Crippen LogP contribution in [0, 0.1) is 0 Å². The highest BCUT2D eigenvalue weighted by Gasteiger charge is 2.31. The predicted octanol–water partition coefficient (Wildman–Crippen LogP) is 5.54. The Bertz CT molecular complexity index is 1110. The second-order valence-electron chi connectivity index (χ2n) is 8.23. The summed E-state index contributed by atoms with van der Waals surface area (Å²) in [7, 11) is 0. The van der Waals surface area contributed by atoms with Crippen molar-refractivity contribution in [3.8, 4) is 5.75 Å². The van der Waals surface area contributed by atoms with E-state index in [4.69, 9.17) is 27.9 Å². The third-order valence-electron chi connectivity index (χ3n) is 5.16. The van der Waals surface area contributed by atoms with E-state index >= 15 is 0 Å². The Morgan fingerprint density at radius 3 is 2.32 bits per heavy atom. The number of carbonyl (C=O) groups is 2. The van der Waals surface area contributed by atoms with Crippen LogP contribution in [0.5, 0.6) is 5.75 Å². The summed E-state index contributed by atoms with van der Waals surface area (Å²) in [6, 6.07) is 22.9. The normalized spacial score (nSPS) is 11.7. The van der Waals surface area contributed by atoms with E-state index in [-0.39, 0.29) is 31.0 Å². The second kappa shape index (κ2) is 12.4. The Kier molecular flexibility index (Phi) is 9.37. The van der Waals surface area contributed by atoms with Crippen molar-refractivity contribution in [2.24, 2.45) is 0 Å². The van der Waals surface area contributed by atoms with E-state index < -0.39 is 6.04 Å². The van der Waals surface area contributed by atoms with Gasteiger partial charge in [0.1, 0.15) is 11.8 Å². The molecule has 2 amide bonds. The molecule has 34 heavy (non-hydrogen) atoms. The van der Waals surface area contributed by atoms with Crippen LogP contribution in [0.1, 0.15) is 25.0 Å². The third kappa shape index (κ3) is 7.51. The molecule has 0 radical (unpaired) electrons. The van der Waals surface area contributed by atoms with Gasteiger partial charge in [0, 0.05) is 29.1 Å². The summed E-state index contributed by atoms with van der Waals surface area (Å²) in [5.41, 5.74) is 1.69. The molecule has 0 saturated carbocycles. The van der Waals surface area contributed by atoms with Crippen LogP contribution in [0.4, 0.5) is 0 Å². The van der Waals surface area contributed by atoms with Crippen molar-refractivity contribution in [1.82, 2.24) is 10.2 Å².